The van der Waals surface area contributed by atoms with Crippen LogP contribution in [0.4, 0.5) is 0 Å². The van der Waals surface area contributed by atoms with Crippen molar-refractivity contribution >= 4 is 17.7 Å². The highest BCUT2D eigenvalue weighted by molar-refractivity contribution is 6.11. The normalized spacial score (nSPS) is 14.9. The molecular weight excluding hydrogens is 342 g/mol. The highest BCUT2D eigenvalue weighted by Crippen LogP contribution is 2.19. The Kier molecular flexibility index (Phi) is 5.66. The Bertz CT molecular complexity index is 849. The maximum absolute atomic E-state index is 12.6. The maximum Gasteiger partial charge on any atom is 0.261 e. The molecular formula is C21H24N3O3+. The van der Waals surface area contributed by atoms with Crippen LogP contribution in [0.1, 0.15) is 27.5 Å². The summed E-state index contributed by atoms with van der Waals surface area (Å²) in [4.78, 5) is 39.8. The van der Waals surface area contributed by atoms with Gasteiger partial charge in [0.15, 0.2) is 0 Å². The number of hydrogen-bond acceptors (Lipinski definition) is 3. The summed E-state index contributed by atoms with van der Waals surface area (Å²) < 4.78 is 0. The molecule has 1 heterocycles. The molecule has 2 aromatic carbocycles. The van der Waals surface area contributed by atoms with Gasteiger partial charge < -0.3 is 10.2 Å². The number of carbonyl (C=O) groups is 3. The van der Waals surface area contributed by atoms with Gasteiger partial charge in [0, 0.05) is 5.56 Å². The molecule has 1 aliphatic rings. The smallest absolute Gasteiger partial charge is 0.261 e. The first-order chi connectivity index (χ1) is 13.0. The van der Waals surface area contributed by atoms with Crippen LogP contribution in [0.2, 0.25) is 0 Å². The lowest BCUT2D eigenvalue weighted by Gasteiger charge is -2.27. The fourth-order valence-electron chi connectivity index (χ4n) is 3.29. The number of likely N-dealkylation sites (N-methyl/N-ethyl adjacent to an activating group) is 1. The Morgan fingerprint density at radius 2 is 1.74 bits per heavy atom. The fraction of sp³-hybridized carbons (Fsp3) is 0.286. The molecule has 6 heteroatoms. The number of carbonyl (C=O) groups excluding carboxylic acids is 3. The molecule has 0 spiro atoms. The van der Waals surface area contributed by atoms with E-state index in [1.54, 1.807) is 24.3 Å². The Morgan fingerprint density at radius 3 is 2.44 bits per heavy atom. The highest BCUT2D eigenvalue weighted by Gasteiger charge is 2.32. The van der Waals surface area contributed by atoms with E-state index in [2.05, 4.69) is 5.32 Å². The number of rotatable bonds is 6. The fourth-order valence-corrected chi connectivity index (χ4v) is 3.29. The summed E-state index contributed by atoms with van der Waals surface area (Å²) in [6, 6.07) is 16.5. The van der Waals surface area contributed by atoms with Crippen LogP contribution in [0, 0.1) is 0 Å². The van der Waals surface area contributed by atoms with Crippen molar-refractivity contribution in [3.05, 3.63) is 71.3 Å². The zero-order valence-electron chi connectivity index (χ0n) is 15.6. The second kappa shape index (κ2) is 8.14. The van der Waals surface area contributed by atoms with Crippen LogP contribution < -0.4 is 10.2 Å². The monoisotopic (exact) mass is 366 g/mol. The molecule has 27 heavy (non-hydrogen) atoms. The van der Waals surface area contributed by atoms with Crippen LogP contribution in [0.25, 0.3) is 0 Å². The third-order valence-corrected chi connectivity index (χ3v) is 4.59. The summed E-state index contributed by atoms with van der Waals surface area (Å²) in [5, 5.41) is 2.97. The van der Waals surface area contributed by atoms with E-state index in [1.165, 1.54) is 4.90 Å². The van der Waals surface area contributed by atoms with Gasteiger partial charge >= 0.3 is 0 Å². The second-order valence-corrected chi connectivity index (χ2v) is 7.06. The SMILES string of the molecule is C[NH+](C)C[C@H](NC(=O)CN1C(=O)Cc2ccccc2C1=O)c1ccccc1. The number of nitrogens with one attached hydrogen (secondary N) is 2. The Morgan fingerprint density at radius 1 is 1.07 bits per heavy atom. The molecule has 0 aliphatic carbocycles. The quantitative estimate of drug-likeness (QED) is 0.719. The minimum Gasteiger partial charge on any atom is -0.342 e. The predicted molar refractivity (Wildman–Crippen MR) is 101 cm³/mol. The van der Waals surface area contributed by atoms with Crippen molar-refractivity contribution in [2.45, 2.75) is 12.5 Å². The molecule has 1 atom stereocenters. The zero-order chi connectivity index (χ0) is 19.4. The molecule has 3 rings (SSSR count). The molecule has 1 aliphatic heterocycles. The minimum absolute atomic E-state index is 0.138. The van der Waals surface area contributed by atoms with Crippen molar-refractivity contribution in [3.8, 4) is 0 Å². The number of hydrogen-bond donors (Lipinski definition) is 2. The van der Waals surface area contributed by atoms with Crippen LogP contribution in [0.15, 0.2) is 54.6 Å². The number of imide groups is 1. The first kappa shape index (κ1) is 18.8. The average molecular weight is 366 g/mol. The third-order valence-electron chi connectivity index (χ3n) is 4.59. The predicted octanol–water partition coefficient (Wildman–Crippen LogP) is 0.214. The van der Waals surface area contributed by atoms with Gasteiger partial charge in [-0.1, -0.05) is 48.5 Å². The van der Waals surface area contributed by atoms with Crippen molar-refractivity contribution in [3.63, 3.8) is 0 Å². The van der Waals surface area contributed by atoms with Gasteiger partial charge in [-0.05, 0) is 17.2 Å². The first-order valence-corrected chi connectivity index (χ1v) is 9.01. The molecule has 3 amide bonds. The summed E-state index contributed by atoms with van der Waals surface area (Å²) in [7, 11) is 4.02. The number of amides is 3. The van der Waals surface area contributed by atoms with E-state index >= 15 is 0 Å². The number of quaternary nitrogens is 1. The first-order valence-electron chi connectivity index (χ1n) is 9.01. The Balaban J connectivity index is 1.72. The molecule has 0 fully saturated rings. The van der Waals surface area contributed by atoms with E-state index in [0.717, 1.165) is 10.5 Å². The van der Waals surface area contributed by atoms with Gasteiger partial charge in [0.05, 0.1) is 20.5 Å². The van der Waals surface area contributed by atoms with Crippen molar-refractivity contribution in [2.24, 2.45) is 0 Å². The molecule has 0 bridgehead atoms. The van der Waals surface area contributed by atoms with E-state index < -0.39 is 5.91 Å². The van der Waals surface area contributed by atoms with Crippen LogP contribution in [0.5, 0.6) is 0 Å². The topological polar surface area (TPSA) is 70.9 Å². The van der Waals surface area contributed by atoms with E-state index in [-0.39, 0.29) is 30.8 Å². The number of nitrogens with zero attached hydrogens (tertiary/aromatic N) is 1. The van der Waals surface area contributed by atoms with E-state index in [9.17, 15) is 14.4 Å². The van der Waals surface area contributed by atoms with Gasteiger partial charge in [-0.2, -0.15) is 0 Å². The Hall–Kier alpha value is -2.99. The van der Waals surface area contributed by atoms with Gasteiger partial charge in [0.25, 0.3) is 5.91 Å². The van der Waals surface area contributed by atoms with Gasteiger partial charge in [0.2, 0.25) is 11.8 Å². The molecule has 2 N–H and O–H groups in total. The lowest BCUT2D eigenvalue weighted by molar-refractivity contribution is -0.860. The van der Waals surface area contributed by atoms with Crippen molar-refractivity contribution in [1.82, 2.24) is 10.2 Å². The number of benzene rings is 2. The second-order valence-electron chi connectivity index (χ2n) is 7.06. The maximum atomic E-state index is 12.6. The number of fused-ring (bicyclic) bond motifs is 1. The summed E-state index contributed by atoms with van der Waals surface area (Å²) >= 11 is 0. The standard InChI is InChI=1S/C21H23N3O3/c1-23(2)13-18(15-8-4-3-5-9-15)22-19(25)14-24-20(26)12-16-10-6-7-11-17(16)21(24)27/h3-11,18H,12-14H2,1-2H3,(H,22,25)/p+1/t18-/m0/s1. The van der Waals surface area contributed by atoms with Crippen LogP contribution in [0.3, 0.4) is 0 Å². The summed E-state index contributed by atoms with van der Waals surface area (Å²) in [5.41, 5.74) is 2.19. The third kappa shape index (κ3) is 4.41. The van der Waals surface area contributed by atoms with Gasteiger partial charge in [-0.25, -0.2) is 0 Å². The van der Waals surface area contributed by atoms with Crippen molar-refractivity contribution in [2.75, 3.05) is 27.2 Å². The molecule has 0 aromatic heterocycles. The van der Waals surface area contributed by atoms with Gasteiger partial charge in [-0.15, -0.1) is 0 Å². The summed E-state index contributed by atoms with van der Waals surface area (Å²) in [5.74, 6) is -1.10. The average Bonchev–Trinajstić information content (AvgIpc) is 2.65. The van der Waals surface area contributed by atoms with Crippen molar-refractivity contribution in [1.29, 1.82) is 0 Å². The lowest BCUT2D eigenvalue weighted by atomic mass is 9.98. The van der Waals surface area contributed by atoms with Gasteiger partial charge in [-0.3, -0.25) is 19.3 Å². The molecule has 0 radical (unpaired) electrons. The zero-order valence-corrected chi connectivity index (χ0v) is 15.6. The van der Waals surface area contributed by atoms with Crippen LogP contribution in [-0.4, -0.2) is 49.8 Å². The van der Waals surface area contributed by atoms with Crippen LogP contribution in [-0.2, 0) is 16.0 Å². The van der Waals surface area contributed by atoms with Crippen LogP contribution >= 0.6 is 0 Å². The molecule has 0 saturated carbocycles. The van der Waals surface area contributed by atoms with E-state index in [1.807, 2.05) is 44.4 Å². The Labute approximate surface area is 158 Å². The minimum atomic E-state index is -0.411. The molecule has 0 unspecified atom stereocenters. The summed E-state index contributed by atoms with van der Waals surface area (Å²) in [6.45, 7) is 0.429. The molecule has 140 valence electrons. The van der Waals surface area contributed by atoms with E-state index in [4.69, 9.17) is 0 Å². The lowest BCUT2D eigenvalue weighted by Crippen LogP contribution is -3.06. The van der Waals surface area contributed by atoms with Gasteiger partial charge in [0.1, 0.15) is 19.1 Å². The molecule has 2 aromatic rings. The van der Waals surface area contributed by atoms with E-state index in [0.29, 0.717) is 17.7 Å². The largest absolute Gasteiger partial charge is 0.342 e. The molecule has 0 saturated heterocycles. The highest BCUT2D eigenvalue weighted by atomic mass is 16.2. The molecule has 6 nitrogen and oxygen atoms in total. The summed E-state index contributed by atoms with van der Waals surface area (Å²) in [6.07, 6.45) is 0.138. The van der Waals surface area contributed by atoms with Crippen molar-refractivity contribution < 1.29 is 19.3 Å².